The number of non-ortho nitro benzene ring substituents is 1. The van der Waals surface area contributed by atoms with Crippen molar-refractivity contribution in [3.05, 3.63) is 28.3 Å². The van der Waals surface area contributed by atoms with Gasteiger partial charge < -0.3 is 4.74 Å². The topological polar surface area (TPSA) is 52.4 Å². The van der Waals surface area contributed by atoms with Gasteiger partial charge in [0.2, 0.25) is 0 Å². The number of nitro groups is 1. The SMILES string of the molecule is COc1cc([N+](=O)[O-])cc([Si](C)(C)C(C)(C)C)c1. The van der Waals surface area contributed by atoms with Crippen LogP contribution in [0, 0.1) is 10.1 Å². The minimum atomic E-state index is -1.79. The fourth-order valence-electron chi connectivity index (χ4n) is 1.60. The molecule has 0 aliphatic heterocycles. The molecule has 5 heteroatoms. The molecule has 0 fully saturated rings. The van der Waals surface area contributed by atoms with Crippen molar-refractivity contribution < 1.29 is 9.66 Å². The molecule has 4 nitrogen and oxygen atoms in total. The molecule has 0 N–H and O–H groups in total. The number of nitro benzene ring substituents is 1. The Bertz CT molecular complexity index is 464. The average molecular weight is 267 g/mol. The Kier molecular flexibility index (Phi) is 3.86. The highest BCUT2D eigenvalue weighted by Gasteiger charge is 2.37. The van der Waals surface area contributed by atoms with Crippen LogP contribution in [0.1, 0.15) is 20.8 Å². The fourth-order valence-corrected chi connectivity index (χ4v) is 3.48. The molecule has 0 saturated carbocycles. The van der Waals surface area contributed by atoms with Crippen molar-refractivity contribution in [2.45, 2.75) is 38.9 Å². The predicted octanol–water partition coefficient (Wildman–Crippen LogP) is 3.32. The first-order chi connectivity index (χ1) is 8.09. The monoisotopic (exact) mass is 267 g/mol. The summed E-state index contributed by atoms with van der Waals surface area (Å²) in [4.78, 5) is 10.6. The van der Waals surface area contributed by atoms with Crippen molar-refractivity contribution in [2.75, 3.05) is 7.11 Å². The second-order valence-corrected chi connectivity index (χ2v) is 11.4. The Morgan fingerprint density at radius 2 is 1.78 bits per heavy atom. The molecule has 1 aromatic rings. The minimum Gasteiger partial charge on any atom is -0.497 e. The number of methoxy groups -OCH3 is 1. The molecular formula is C13H21NO3Si. The largest absolute Gasteiger partial charge is 0.497 e. The Morgan fingerprint density at radius 3 is 2.17 bits per heavy atom. The van der Waals surface area contributed by atoms with Gasteiger partial charge in [0, 0.05) is 6.07 Å². The van der Waals surface area contributed by atoms with Crippen LogP contribution in [0.3, 0.4) is 0 Å². The standard InChI is InChI=1S/C13H21NO3Si/c1-13(2,3)18(5,6)12-8-10(14(15)16)7-11(9-12)17-4/h7-9H,1-6H3. The van der Waals surface area contributed by atoms with Crippen LogP contribution in [0.4, 0.5) is 5.69 Å². The molecular weight excluding hydrogens is 246 g/mol. The summed E-state index contributed by atoms with van der Waals surface area (Å²) in [5.41, 5.74) is 0.106. The molecule has 0 aromatic heterocycles. The molecule has 1 rings (SSSR count). The van der Waals surface area contributed by atoms with E-state index < -0.39 is 8.07 Å². The molecule has 0 bridgehead atoms. The van der Waals surface area contributed by atoms with E-state index in [0.29, 0.717) is 5.75 Å². The van der Waals surface area contributed by atoms with Crippen molar-refractivity contribution in [2.24, 2.45) is 0 Å². The Hall–Kier alpha value is -1.36. The maximum absolute atomic E-state index is 11.0. The molecule has 18 heavy (non-hydrogen) atoms. The van der Waals surface area contributed by atoms with Crippen LogP contribution in [0.15, 0.2) is 18.2 Å². The van der Waals surface area contributed by atoms with Crippen molar-refractivity contribution in [1.29, 1.82) is 0 Å². The summed E-state index contributed by atoms with van der Waals surface area (Å²) in [7, 11) is -0.254. The number of rotatable bonds is 3. The third-order valence-corrected chi connectivity index (χ3v) is 9.42. The number of hydrogen-bond donors (Lipinski definition) is 0. The zero-order chi connectivity index (χ0) is 14.1. The molecule has 0 unspecified atom stereocenters. The quantitative estimate of drug-likeness (QED) is 0.479. The van der Waals surface area contributed by atoms with Gasteiger partial charge in [-0.15, -0.1) is 0 Å². The molecule has 0 amide bonds. The van der Waals surface area contributed by atoms with Gasteiger partial charge in [0.25, 0.3) is 5.69 Å². The van der Waals surface area contributed by atoms with Crippen LogP contribution >= 0.6 is 0 Å². The Balaban J connectivity index is 3.41. The van der Waals surface area contributed by atoms with E-state index in [9.17, 15) is 10.1 Å². The van der Waals surface area contributed by atoms with Crippen LogP contribution in [-0.2, 0) is 0 Å². The van der Waals surface area contributed by atoms with Crippen LogP contribution < -0.4 is 9.92 Å². The number of hydrogen-bond acceptors (Lipinski definition) is 3. The van der Waals surface area contributed by atoms with E-state index in [4.69, 9.17) is 4.74 Å². The van der Waals surface area contributed by atoms with Gasteiger partial charge >= 0.3 is 0 Å². The highest BCUT2D eigenvalue weighted by atomic mass is 28.3. The highest BCUT2D eigenvalue weighted by Crippen LogP contribution is 2.36. The van der Waals surface area contributed by atoms with Gasteiger partial charge in [-0.05, 0) is 16.3 Å². The smallest absolute Gasteiger partial charge is 0.273 e. The minimum absolute atomic E-state index is 0.106. The van der Waals surface area contributed by atoms with E-state index in [1.54, 1.807) is 6.07 Å². The molecule has 0 aliphatic rings. The number of benzene rings is 1. The second kappa shape index (κ2) is 4.72. The van der Waals surface area contributed by atoms with E-state index in [1.165, 1.54) is 13.2 Å². The summed E-state index contributed by atoms with van der Waals surface area (Å²) in [6, 6.07) is 5.10. The molecule has 0 saturated heterocycles. The van der Waals surface area contributed by atoms with E-state index in [1.807, 2.05) is 6.07 Å². The normalized spacial score (nSPS) is 12.3. The molecule has 0 atom stereocenters. The van der Waals surface area contributed by atoms with Crippen LogP contribution in [-0.4, -0.2) is 20.1 Å². The van der Waals surface area contributed by atoms with Crippen LogP contribution in [0.5, 0.6) is 5.75 Å². The molecule has 100 valence electrons. The van der Waals surface area contributed by atoms with Crippen molar-refractivity contribution in [3.63, 3.8) is 0 Å². The number of nitrogens with zero attached hydrogens (tertiary/aromatic N) is 1. The maximum atomic E-state index is 11.0. The fraction of sp³-hybridized carbons (Fsp3) is 0.538. The van der Waals surface area contributed by atoms with E-state index in [0.717, 1.165) is 5.19 Å². The molecule has 0 aliphatic carbocycles. The first kappa shape index (κ1) is 14.7. The van der Waals surface area contributed by atoms with Crippen molar-refractivity contribution >= 4 is 18.9 Å². The van der Waals surface area contributed by atoms with Crippen molar-refractivity contribution in [3.8, 4) is 5.75 Å². The second-order valence-electron chi connectivity index (χ2n) is 6.05. The van der Waals surface area contributed by atoms with E-state index >= 15 is 0 Å². The molecule has 0 radical (unpaired) electrons. The molecule has 0 spiro atoms. The van der Waals surface area contributed by atoms with Crippen LogP contribution in [0.25, 0.3) is 0 Å². The van der Waals surface area contributed by atoms with Gasteiger partial charge in [0.1, 0.15) is 5.75 Å². The third-order valence-electron chi connectivity index (χ3n) is 3.93. The van der Waals surface area contributed by atoms with Gasteiger partial charge in [-0.25, -0.2) is 0 Å². The molecule has 1 aromatic carbocycles. The van der Waals surface area contributed by atoms with E-state index in [-0.39, 0.29) is 15.6 Å². The van der Waals surface area contributed by atoms with Gasteiger partial charge in [-0.3, -0.25) is 10.1 Å². The summed E-state index contributed by atoms with van der Waals surface area (Å²) in [6.07, 6.45) is 0. The van der Waals surface area contributed by atoms with Gasteiger partial charge in [-0.2, -0.15) is 0 Å². The summed E-state index contributed by atoms with van der Waals surface area (Å²) >= 11 is 0. The Labute approximate surface area is 109 Å². The van der Waals surface area contributed by atoms with E-state index in [2.05, 4.69) is 33.9 Å². The lowest BCUT2D eigenvalue weighted by Gasteiger charge is -2.37. The van der Waals surface area contributed by atoms with Gasteiger partial charge in [-0.1, -0.05) is 33.9 Å². The Morgan fingerprint density at radius 1 is 1.22 bits per heavy atom. The first-order valence-electron chi connectivity index (χ1n) is 5.93. The summed E-state index contributed by atoms with van der Waals surface area (Å²) < 4.78 is 5.17. The first-order valence-corrected chi connectivity index (χ1v) is 8.93. The lowest BCUT2D eigenvalue weighted by molar-refractivity contribution is -0.384. The number of ether oxygens (including phenoxy) is 1. The summed E-state index contributed by atoms with van der Waals surface area (Å²) in [6.45, 7) is 11.0. The average Bonchev–Trinajstić information content (AvgIpc) is 2.26. The predicted molar refractivity (Wildman–Crippen MR) is 76.5 cm³/mol. The summed E-state index contributed by atoms with van der Waals surface area (Å²) in [5, 5.41) is 12.2. The summed E-state index contributed by atoms with van der Waals surface area (Å²) in [5.74, 6) is 0.559. The molecule has 0 heterocycles. The lowest BCUT2D eigenvalue weighted by Crippen LogP contribution is -2.49. The van der Waals surface area contributed by atoms with Crippen molar-refractivity contribution in [1.82, 2.24) is 0 Å². The van der Waals surface area contributed by atoms with Gasteiger partial charge in [0.05, 0.1) is 26.2 Å². The zero-order valence-corrected chi connectivity index (χ0v) is 12.9. The van der Waals surface area contributed by atoms with Crippen LogP contribution in [0.2, 0.25) is 18.1 Å². The third kappa shape index (κ3) is 2.72. The maximum Gasteiger partial charge on any atom is 0.273 e. The zero-order valence-electron chi connectivity index (χ0n) is 11.9. The van der Waals surface area contributed by atoms with Gasteiger partial charge in [0.15, 0.2) is 0 Å². The lowest BCUT2D eigenvalue weighted by atomic mass is 10.2. The highest BCUT2D eigenvalue weighted by molar-refractivity contribution is 6.92.